The maximum Gasteiger partial charge on any atom is 0.137 e. The summed E-state index contributed by atoms with van der Waals surface area (Å²) in [5.74, 6) is 3.45. The predicted molar refractivity (Wildman–Crippen MR) is 293 cm³/mol. The van der Waals surface area contributed by atoms with Crippen LogP contribution in [0.15, 0.2) is 108 Å². The highest BCUT2D eigenvalue weighted by molar-refractivity contribution is 6.13. The molecule has 5 heteroatoms. The van der Waals surface area contributed by atoms with Gasteiger partial charge in [0, 0.05) is 45.9 Å². The number of rotatable bonds is 7. The fraction of sp³-hybridized carbons (Fsp3) is 0.429. The van der Waals surface area contributed by atoms with Crippen LogP contribution in [0.25, 0.3) is 27.6 Å². The van der Waals surface area contributed by atoms with Crippen molar-refractivity contribution < 1.29 is 0 Å². The standard InChI is InChI=1S/C63H77N5/c1-37(2)58(38(3)4)52-36-66(46-31-44(61(11,12)13)30-45(32-46)62(14,15)16)59(65-52)42-25-41(7)26-47(29-42)67-54-22-20-40(6)28-50(54)63(17,18)51-34-49-48-27-39(5)19-21-53(48)68(55(49)35-56(51)67)57-33-43(23-24-64-57)60(8,9)10/h19-35,37-38,52,58H,36H2,1-18H3/t52-/m0/s1. The second kappa shape index (κ2) is 16.5. The SMILES string of the molecule is Cc1cc(C2=N[C@H](C(C(C)C)C(C)C)CN2c2cc(C(C)(C)C)cc(C(C)(C)C)c2)cc(N2c3ccc(C)cc3C(C)(C)c3cc4c5cc(C)ccc5n(-c5cc(C(C)(C)C)ccn5)c4cc32)c1. The molecule has 0 saturated heterocycles. The first-order chi connectivity index (χ1) is 31.7. The second-order valence-corrected chi connectivity index (χ2v) is 24.9. The first-order valence-electron chi connectivity index (χ1n) is 25.3. The third-order valence-corrected chi connectivity index (χ3v) is 15.3. The number of aliphatic imine (C=N–C) groups is 1. The second-order valence-electron chi connectivity index (χ2n) is 24.9. The van der Waals surface area contributed by atoms with Gasteiger partial charge >= 0.3 is 0 Å². The summed E-state index contributed by atoms with van der Waals surface area (Å²) in [6.07, 6.45) is 1.98. The van der Waals surface area contributed by atoms with Crippen molar-refractivity contribution in [2.45, 2.75) is 152 Å². The van der Waals surface area contributed by atoms with Gasteiger partial charge in [0.15, 0.2) is 0 Å². The van der Waals surface area contributed by atoms with Crippen molar-refractivity contribution in [1.29, 1.82) is 0 Å². The Morgan fingerprint density at radius 3 is 1.79 bits per heavy atom. The molecule has 68 heavy (non-hydrogen) atoms. The molecular formula is C63H77N5. The molecule has 4 heterocycles. The molecule has 5 aromatic carbocycles. The molecule has 0 aliphatic carbocycles. The van der Waals surface area contributed by atoms with Crippen molar-refractivity contribution in [2.24, 2.45) is 22.7 Å². The van der Waals surface area contributed by atoms with Gasteiger partial charge in [0.05, 0.1) is 28.5 Å². The highest BCUT2D eigenvalue weighted by Crippen LogP contribution is 2.54. The van der Waals surface area contributed by atoms with Gasteiger partial charge in [-0.15, -0.1) is 0 Å². The number of fused-ring (bicyclic) bond motifs is 5. The average Bonchev–Trinajstić information content (AvgIpc) is 3.81. The number of nitrogens with zero attached hydrogens (tertiary/aromatic N) is 5. The molecule has 0 radical (unpaired) electrons. The predicted octanol–water partition coefficient (Wildman–Crippen LogP) is 16.7. The summed E-state index contributed by atoms with van der Waals surface area (Å²) < 4.78 is 2.40. The first kappa shape index (κ1) is 47.4. The van der Waals surface area contributed by atoms with E-state index in [1.54, 1.807) is 0 Å². The fourth-order valence-electron chi connectivity index (χ4n) is 11.5. The lowest BCUT2D eigenvalue weighted by atomic mass is 9.72. The topological polar surface area (TPSA) is 36.7 Å². The lowest BCUT2D eigenvalue weighted by Gasteiger charge is -2.42. The molecule has 354 valence electrons. The van der Waals surface area contributed by atoms with Crippen molar-refractivity contribution >= 4 is 50.4 Å². The minimum atomic E-state index is -0.276. The Kier molecular flexibility index (Phi) is 11.5. The molecule has 0 fully saturated rings. The van der Waals surface area contributed by atoms with Crippen LogP contribution in [-0.2, 0) is 21.7 Å². The van der Waals surface area contributed by atoms with Gasteiger partial charge in [-0.1, -0.05) is 139 Å². The van der Waals surface area contributed by atoms with Crippen molar-refractivity contribution in [3.8, 4) is 5.82 Å². The smallest absolute Gasteiger partial charge is 0.137 e. The van der Waals surface area contributed by atoms with Crippen LogP contribution in [0.4, 0.5) is 22.7 Å². The third kappa shape index (κ3) is 8.26. The molecule has 7 aromatic rings. The van der Waals surface area contributed by atoms with E-state index < -0.39 is 0 Å². The minimum absolute atomic E-state index is 0.00999. The van der Waals surface area contributed by atoms with E-state index in [9.17, 15) is 0 Å². The van der Waals surface area contributed by atoms with Gasteiger partial charge in [-0.2, -0.15) is 0 Å². The van der Waals surface area contributed by atoms with Crippen LogP contribution in [0, 0.1) is 38.5 Å². The van der Waals surface area contributed by atoms with Gasteiger partial charge in [0.1, 0.15) is 11.7 Å². The Balaban J connectivity index is 1.31. The normalized spacial score (nSPS) is 16.4. The molecule has 5 nitrogen and oxygen atoms in total. The number of anilines is 4. The number of aromatic nitrogens is 2. The van der Waals surface area contributed by atoms with E-state index in [1.165, 1.54) is 77.9 Å². The molecule has 0 spiro atoms. The molecule has 9 rings (SSSR count). The Hall–Kier alpha value is -5.68. The van der Waals surface area contributed by atoms with Crippen LogP contribution in [0.2, 0.25) is 0 Å². The molecule has 0 bridgehead atoms. The molecule has 2 aromatic heterocycles. The van der Waals surface area contributed by atoms with E-state index in [-0.39, 0.29) is 27.7 Å². The van der Waals surface area contributed by atoms with Crippen molar-refractivity contribution in [1.82, 2.24) is 9.55 Å². The molecule has 1 atom stereocenters. The molecule has 0 unspecified atom stereocenters. The summed E-state index contributed by atoms with van der Waals surface area (Å²) >= 11 is 0. The zero-order valence-electron chi connectivity index (χ0n) is 44.6. The first-order valence-corrected chi connectivity index (χ1v) is 25.3. The summed E-state index contributed by atoms with van der Waals surface area (Å²) in [7, 11) is 0. The number of hydrogen-bond acceptors (Lipinski definition) is 4. The molecule has 0 N–H and O–H groups in total. The highest BCUT2D eigenvalue weighted by Gasteiger charge is 2.40. The Labute approximate surface area is 408 Å². The quantitative estimate of drug-likeness (QED) is 0.160. The van der Waals surface area contributed by atoms with Crippen LogP contribution in [-0.4, -0.2) is 28.0 Å². The van der Waals surface area contributed by atoms with Gasteiger partial charge in [0.2, 0.25) is 0 Å². The Morgan fingerprint density at radius 1 is 0.559 bits per heavy atom. The molecular weight excluding hydrogens is 827 g/mol. The summed E-state index contributed by atoms with van der Waals surface area (Å²) in [5, 5.41) is 2.50. The zero-order valence-corrected chi connectivity index (χ0v) is 44.6. The van der Waals surface area contributed by atoms with Crippen LogP contribution < -0.4 is 9.80 Å². The Morgan fingerprint density at radius 2 is 1.16 bits per heavy atom. The van der Waals surface area contributed by atoms with Gasteiger partial charge in [-0.05, 0) is 161 Å². The highest BCUT2D eigenvalue weighted by atomic mass is 15.3. The van der Waals surface area contributed by atoms with E-state index in [2.05, 4.69) is 236 Å². The third-order valence-electron chi connectivity index (χ3n) is 15.3. The van der Waals surface area contributed by atoms with Crippen LogP contribution in [0.1, 0.15) is 154 Å². The van der Waals surface area contributed by atoms with E-state index in [4.69, 9.17) is 9.98 Å². The lowest BCUT2D eigenvalue weighted by molar-refractivity contribution is 0.247. The van der Waals surface area contributed by atoms with Gasteiger partial charge < -0.3 is 9.80 Å². The van der Waals surface area contributed by atoms with Crippen LogP contribution >= 0.6 is 0 Å². The number of amidine groups is 1. The zero-order chi connectivity index (χ0) is 49.2. The van der Waals surface area contributed by atoms with E-state index in [0.717, 1.165) is 35.0 Å². The van der Waals surface area contributed by atoms with E-state index >= 15 is 0 Å². The average molecular weight is 904 g/mol. The number of hydrogen-bond donors (Lipinski definition) is 0. The van der Waals surface area contributed by atoms with Crippen molar-refractivity contribution in [2.75, 3.05) is 16.3 Å². The van der Waals surface area contributed by atoms with Crippen LogP contribution in [0.3, 0.4) is 0 Å². The number of benzene rings is 5. The van der Waals surface area contributed by atoms with Crippen LogP contribution in [0.5, 0.6) is 0 Å². The monoisotopic (exact) mass is 904 g/mol. The molecule has 0 saturated carbocycles. The van der Waals surface area contributed by atoms with Gasteiger partial charge in [-0.3, -0.25) is 9.56 Å². The number of aryl methyl sites for hydroxylation is 3. The maximum absolute atomic E-state index is 5.85. The molecule has 2 aliphatic rings. The van der Waals surface area contributed by atoms with E-state index in [1.807, 2.05) is 6.20 Å². The summed E-state index contributed by atoms with van der Waals surface area (Å²) in [4.78, 5) is 16.1. The van der Waals surface area contributed by atoms with Gasteiger partial charge in [-0.25, -0.2) is 4.98 Å². The minimum Gasteiger partial charge on any atom is -0.324 e. The lowest BCUT2D eigenvalue weighted by Crippen LogP contribution is -2.35. The van der Waals surface area contributed by atoms with Crippen molar-refractivity contribution in [3.05, 3.63) is 153 Å². The summed E-state index contributed by atoms with van der Waals surface area (Å²) in [6, 6.07) is 38.0. The fourth-order valence-corrected chi connectivity index (χ4v) is 11.5. The Bertz CT molecular complexity index is 3090. The number of pyridine rings is 1. The van der Waals surface area contributed by atoms with Crippen molar-refractivity contribution in [3.63, 3.8) is 0 Å². The molecule has 0 amide bonds. The molecule has 2 aliphatic heterocycles. The largest absolute Gasteiger partial charge is 0.324 e. The summed E-state index contributed by atoms with van der Waals surface area (Å²) in [5.41, 5.74) is 18.3. The van der Waals surface area contributed by atoms with Gasteiger partial charge in [0.25, 0.3) is 0 Å². The summed E-state index contributed by atoms with van der Waals surface area (Å²) in [6.45, 7) is 42.8. The van der Waals surface area contributed by atoms with E-state index in [0.29, 0.717) is 17.8 Å². The maximum atomic E-state index is 5.85.